The summed E-state index contributed by atoms with van der Waals surface area (Å²) in [5, 5.41) is 3.18. The van der Waals surface area contributed by atoms with Gasteiger partial charge in [0, 0.05) is 12.1 Å². The molecule has 0 heterocycles. The average molecular weight is 346 g/mol. The summed E-state index contributed by atoms with van der Waals surface area (Å²) in [6, 6.07) is 2.69. The predicted molar refractivity (Wildman–Crippen MR) is 83.0 cm³/mol. The van der Waals surface area contributed by atoms with Gasteiger partial charge in [0.1, 0.15) is 11.6 Å². The molecule has 0 radical (unpaired) electrons. The normalized spacial score (nSPS) is 23.4. The van der Waals surface area contributed by atoms with E-state index in [0.717, 1.165) is 18.8 Å². The van der Waals surface area contributed by atoms with Crippen molar-refractivity contribution in [3.8, 4) is 0 Å². The van der Waals surface area contributed by atoms with Crippen LogP contribution in [-0.4, -0.2) is 6.04 Å². The third kappa shape index (κ3) is 4.18. The van der Waals surface area contributed by atoms with Crippen LogP contribution in [0.5, 0.6) is 0 Å². The third-order valence-corrected chi connectivity index (χ3v) is 4.76. The van der Waals surface area contributed by atoms with Crippen molar-refractivity contribution < 1.29 is 8.78 Å². The van der Waals surface area contributed by atoms with E-state index in [4.69, 9.17) is 0 Å². The fourth-order valence-corrected chi connectivity index (χ4v) is 3.39. The highest BCUT2D eigenvalue weighted by molar-refractivity contribution is 9.10. The minimum Gasteiger partial charge on any atom is -0.380 e. The van der Waals surface area contributed by atoms with Gasteiger partial charge in [-0.1, -0.05) is 32.6 Å². The van der Waals surface area contributed by atoms with Gasteiger partial charge >= 0.3 is 0 Å². The lowest BCUT2D eigenvalue weighted by Crippen LogP contribution is -2.19. The number of anilines is 1. The lowest BCUT2D eigenvalue weighted by atomic mass is 9.95. The molecule has 1 aromatic carbocycles. The minimum atomic E-state index is -0.425. The lowest BCUT2D eigenvalue weighted by molar-refractivity contribution is 0.422. The molecule has 2 unspecified atom stereocenters. The monoisotopic (exact) mass is 345 g/mol. The van der Waals surface area contributed by atoms with Gasteiger partial charge in [-0.2, -0.15) is 0 Å². The molecule has 112 valence electrons. The zero-order chi connectivity index (χ0) is 14.5. The number of hydrogen-bond donors (Lipinski definition) is 1. The number of nitrogens with one attached hydrogen (secondary N) is 1. The molecule has 0 saturated heterocycles. The maximum absolute atomic E-state index is 13.8. The van der Waals surface area contributed by atoms with Gasteiger partial charge in [0.05, 0.1) is 10.2 Å². The number of hydrogen-bond acceptors (Lipinski definition) is 1. The van der Waals surface area contributed by atoms with E-state index in [-0.39, 0.29) is 16.2 Å². The Hall–Kier alpha value is -0.640. The zero-order valence-electron chi connectivity index (χ0n) is 11.9. The highest BCUT2D eigenvalue weighted by atomic mass is 79.9. The molecule has 1 saturated carbocycles. The molecule has 0 spiro atoms. The van der Waals surface area contributed by atoms with Crippen molar-refractivity contribution in [1.82, 2.24) is 0 Å². The van der Waals surface area contributed by atoms with Crippen LogP contribution in [0, 0.1) is 17.6 Å². The highest BCUT2D eigenvalue weighted by Gasteiger charge is 2.19. The van der Waals surface area contributed by atoms with E-state index in [1.165, 1.54) is 44.2 Å². The van der Waals surface area contributed by atoms with E-state index in [1.54, 1.807) is 0 Å². The SMILES string of the molecule is CCCC1CCCC(Nc2cc(F)c(Br)cc2F)CC1. The quantitative estimate of drug-likeness (QED) is 0.530. The Balaban J connectivity index is 1.98. The van der Waals surface area contributed by atoms with Gasteiger partial charge in [-0.15, -0.1) is 0 Å². The lowest BCUT2D eigenvalue weighted by Gasteiger charge is -2.19. The summed E-state index contributed by atoms with van der Waals surface area (Å²) in [6.45, 7) is 2.22. The predicted octanol–water partition coefficient (Wildman–Crippen LogP) is 5.89. The second kappa shape index (κ2) is 7.39. The molecule has 0 aliphatic heterocycles. The van der Waals surface area contributed by atoms with Gasteiger partial charge in [-0.25, -0.2) is 8.78 Å². The van der Waals surface area contributed by atoms with Crippen LogP contribution < -0.4 is 5.32 Å². The highest BCUT2D eigenvalue weighted by Crippen LogP contribution is 2.30. The number of halogens is 3. The van der Waals surface area contributed by atoms with Crippen LogP contribution in [0.2, 0.25) is 0 Å². The Morgan fingerprint density at radius 3 is 2.70 bits per heavy atom. The fourth-order valence-electron chi connectivity index (χ4n) is 3.07. The molecule has 1 nitrogen and oxygen atoms in total. The Bertz CT molecular complexity index is 450. The molecule has 0 aromatic heterocycles. The maximum atomic E-state index is 13.8. The summed E-state index contributed by atoms with van der Waals surface area (Å²) >= 11 is 3.00. The van der Waals surface area contributed by atoms with Crippen molar-refractivity contribution in [2.45, 2.75) is 57.9 Å². The Labute approximate surface area is 128 Å². The van der Waals surface area contributed by atoms with E-state index < -0.39 is 11.6 Å². The summed E-state index contributed by atoms with van der Waals surface area (Å²) < 4.78 is 27.5. The van der Waals surface area contributed by atoms with Crippen molar-refractivity contribution in [1.29, 1.82) is 0 Å². The standard InChI is InChI=1S/C16H22BrF2N/c1-2-4-11-5-3-6-12(8-7-11)20-16-10-14(18)13(17)9-15(16)19/h9-12,20H,2-8H2,1H3. The van der Waals surface area contributed by atoms with Crippen LogP contribution >= 0.6 is 15.9 Å². The van der Waals surface area contributed by atoms with Crippen molar-refractivity contribution in [3.05, 3.63) is 28.2 Å². The third-order valence-electron chi connectivity index (χ3n) is 4.15. The van der Waals surface area contributed by atoms with Crippen LogP contribution in [0.25, 0.3) is 0 Å². The van der Waals surface area contributed by atoms with E-state index in [9.17, 15) is 8.78 Å². The summed E-state index contributed by atoms with van der Waals surface area (Å²) in [4.78, 5) is 0. The van der Waals surface area contributed by atoms with E-state index in [0.29, 0.717) is 0 Å². The summed E-state index contributed by atoms with van der Waals surface area (Å²) in [5.41, 5.74) is 0.282. The van der Waals surface area contributed by atoms with Crippen molar-refractivity contribution >= 4 is 21.6 Å². The first-order valence-corrected chi connectivity index (χ1v) is 8.30. The topological polar surface area (TPSA) is 12.0 Å². The summed E-state index contributed by atoms with van der Waals surface area (Å²) in [6.07, 6.45) is 8.22. The largest absolute Gasteiger partial charge is 0.380 e. The van der Waals surface area contributed by atoms with Crippen LogP contribution in [-0.2, 0) is 0 Å². The van der Waals surface area contributed by atoms with Gasteiger partial charge in [0.15, 0.2) is 0 Å². The molecule has 2 atom stereocenters. The Morgan fingerprint density at radius 1 is 1.15 bits per heavy atom. The Kier molecular flexibility index (Phi) is 5.82. The first-order chi connectivity index (χ1) is 9.60. The van der Waals surface area contributed by atoms with Gasteiger partial charge in [-0.05, 0) is 47.2 Å². The molecule has 1 N–H and O–H groups in total. The molecule has 1 fully saturated rings. The average Bonchev–Trinajstić information content (AvgIpc) is 2.62. The molecular formula is C16H22BrF2N. The first kappa shape index (κ1) is 15.7. The summed E-state index contributed by atoms with van der Waals surface area (Å²) in [5.74, 6) is -0.0164. The van der Waals surface area contributed by atoms with Crippen molar-refractivity contribution in [2.75, 3.05) is 5.32 Å². The van der Waals surface area contributed by atoms with Gasteiger partial charge in [0.25, 0.3) is 0 Å². The molecule has 1 aliphatic carbocycles. The smallest absolute Gasteiger partial charge is 0.147 e. The Morgan fingerprint density at radius 2 is 1.95 bits per heavy atom. The molecule has 4 heteroatoms. The van der Waals surface area contributed by atoms with E-state index >= 15 is 0 Å². The van der Waals surface area contributed by atoms with Crippen LogP contribution in [0.3, 0.4) is 0 Å². The second-order valence-electron chi connectivity index (χ2n) is 5.75. The van der Waals surface area contributed by atoms with E-state index in [2.05, 4.69) is 28.2 Å². The summed E-state index contributed by atoms with van der Waals surface area (Å²) in [7, 11) is 0. The van der Waals surface area contributed by atoms with Crippen LogP contribution in [0.15, 0.2) is 16.6 Å². The maximum Gasteiger partial charge on any atom is 0.147 e. The number of benzene rings is 1. The van der Waals surface area contributed by atoms with Gasteiger partial charge in [0.2, 0.25) is 0 Å². The molecular weight excluding hydrogens is 324 g/mol. The number of rotatable bonds is 4. The first-order valence-electron chi connectivity index (χ1n) is 7.51. The van der Waals surface area contributed by atoms with Crippen LogP contribution in [0.4, 0.5) is 14.5 Å². The molecule has 0 bridgehead atoms. The molecule has 0 amide bonds. The second-order valence-corrected chi connectivity index (χ2v) is 6.60. The molecule has 2 rings (SSSR count). The van der Waals surface area contributed by atoms with Crippen molar-refractivity contribution in [3.63, 3.8) is 0 Å². The van der Waals surface area contributed by atoms with Crippen LogP contribution in [0.1, 0.15) is 51.9 Å². The van der Waals surface area contributed by atoms with Gasteiger partial charge < -0.3 is 5.32 Å². The molecule has 1 aromatic rings. The van der Waals surface area contributed by atoms with Crippen molar-refractivity contribution in [2.24, 2.45) is 5.92 Å². The molecule has 1 aliphatic rings. The minimum absolute atomic E-state index is 0.171. The van der Waals surface area contributed by atoms with Gasteiger partial charge in [-0.3, -0.25) is 0 Å². The van der Waals surface area contributed by atoms with E-state index in [1.807, 2.05) is 0 Å². The zero-order valence-corrected chi connectivity index (χ0v) is 13.5. The molecule has 20 heavy (non-hydrogen) atoms. The fraction of sp³-hybridized carbons (Fsp3) is 0.625.